The van der Waals surface area contributed by atoms with E-state index in [4.69, 9.17) is 5.73 Å². The molecule has 3 nitrogen and oxygen atoms in total. The molecule has 0 amide bonds. The molecule has 3 heteroatoms. The van der Waals surface area contributed by atoms with Gasteiger partial charge in [0.25, 0.3) is 0 Å². The van der Waals surface area contributed by atoms with Gasteiger partial charge >= 0.3 is 0 Å². The topological polar surface area (TPSA) is 57.2 Å². The lowest BCUT2D eigenvalue weighted by Crippen LogP contribution is -2.24. The van der Waals surface area contributed by atoms with Crippen molar-refractivity contribution in [1.29, 1.82) is 0 Å². The van der Waals surface area contributed by atoms with Crippen LogP contribution in [0.3, 0.4) is 0 Å². The Morgan fingerprint density at radius 2 is 2.00 bits per heavy atom. The fourth-order valence-electron chi connectivity index (χ4n) is 2.41. The molecule has 2 aromatic rings. The van der Waals surface area contributed by atoms with Crippen LogP contribution in [-0.4, -0.2) is 5.78 Å². The Morgan fingerprint density at radius 1 is 1.19 bits per heavy atom. The Kier molecular flexibility index (Phi) is 1.93. The van der Waals surface area contributed by atoms with Crippen molar-refractivity contribution in [3.8, 4) is 0 Å². The van der Waals surface area contributed by atoms with Gasteiger partial charge in [0.15, 0.2) is 11.5 Å². The lowest BCUT2D eigenvalue weighted by Gasteiger charge is -2.12. The fourth-order valence-corrected chi connectivity index (χ4v) is 2.41. The first kappa shape index (κ1) is 9.33. The summed E-state index contributed by atoms with van der Waals surface area (Å²) in [7, 11) is 0. The van der Waals surface area contributed by atoms with Crippen LogP contribution in [0.2, 0.25) is 0 Å². The maximum Gasteiger partial charge on any atom is 0.213 e. The molecule has 0 fully saturated rings. The van der Waals surface area contributed by atoms with Gasteiger partial charge in [0, 0.05) is 18.9 Å². The molecule has 80 valence electrons. The zero-order valence-corrected chi connectivity index (χ0v) is 8.92. The van der Waals surface area contributed by atoms with E-state index in [9.17, 15) is 4.79 Å². The number of nitrogens with one attached hydrogen (secondary N) is 1. The predicted molar refractivity (Wildman–Crippen MR) is 62.2 cm³/mol. The summed E-state index contributed by atoms with van der Waals surface area (Å²) >= 11 is 0. The number of hydrogen-bond donors (Lipinski definition) is 1. The minimum Gasteiger partial charge on any atom is -0.397 e. The van der Waals surface area contributed by atoms with Crippen molar-refractivity contribution in [2.45, 2.75) is 19.3 Å². The van der Waals surface area contributed by atoms with Crippen LogP contribution >= 0.6 is 0 Å². The first-order valence-electron chi connectivity index (χ1n) is 5.53. The molecule has 0 aliphatic heterocycles. The Bertz CT molecular complexity index is 590. The molecule has 0 atom stereocenters. The maximum absolute atomic E-state index is 11.9. The van der Waals surface area contributed by atoms with Gasteiger partial charge in [-0.3, -0.25) is 4.79 Å². The average molecular weight is 213 g/mol. The molecule has 1 aromatic carbocycles. The Hall–Kier alpha value is -1.90. The number of aryl methyl sites for hydroxylation is 1. The standard InChI is InChI=1S/C13H12N2O/c14-13-8-4-1-2-5-9(8)15-10-6-3-7-11(16)12(10)13/h1-2,4-5H,3,6-7H2,(H2,14,15)/p+1. The molecule has 3 rings (SSSR count). The lowest BCUT2D eigenvalue weighted by atomic mass is 9.92. The number of H-pyrrole nitrogens is 1. The van der Waals surface area contributed by atoms with Crippen LogP contribution in [0.5, 0.6) is 0 Å². The first-order chi connectivity index (χ1) is 7.77. The molecule has 0 bridgehead atoms. The van der Waals surface area contributed by atoms with Gasteiger partial charge in [0.1, 0.15) is 5.56 Å². The predicted octanol–water partition coefficient (Wildman–Crippen LogP) is 1.76. The smallest absolute Gasteiger partial charge is 0.213 e. The van der Waals surface area contributed by atoms with Crippen molar-refractivity contribution >= 4 is 22.4 Å². The number of carbonyl (C=O) groups excluding carboxylic acids is 1. The van der Waals surface area contributed by atoms with Crippen LogP contribution in [-0.2, 0) is 6.42 Å². The summed E-state index contributed by atoms with van der Waals surface area (Å²) in [6.07, 6.45) is 2.44. The second-order valence-electron chi connectivity index (χ2n) is 4.21. The number of nitrogens with two attached hydrogens (primary N) is 1. The summed E-state index contributed by atoms with van der Waals surface area (Å²) in [5.41, 5.74) is 9.44. The lowest BCUT2D eigenvalue weighted by molar-refractivity contribution is -0.358. The van der Waals surface area contributed by atoms with Crippen molar-refractivity contribution < 1.29 is 9.78 Å². The normalized spacial score (nSPS) is 15.1. The summed E-state index contributed by atoms with van der Waals surface area (Å²) in [5, 5.41) is 0.941. The fraction of sp³-hybridized carbons (Fsp3) is 0.231. The number of nitrogen functional groups attached to an aromatic ring is 1. The van der Waals surface area contributed by atoms with E-state index in [0.29, 0.717) is 17.7 Å². The number of aromatic amines is 1. The number of fused-ring (bicyclic) bond motifs is 2. The molecule has 0 radical (unpaired) electrons. The highest BCUT2D eigenvalue weighted by Gasteiger charge is 2.27. The number of Topliss-reactive ketones (excluding diaryl/α,β-unsaturated/α-hetero) is 1. The van der Waals surface area contributed by atoms with E-state index >= 15 is 0 Å². The van der Waals surface area contributed by atoms with Gasteiger partial charge < -0.3 is 5.73 Å². The van der Waals surface area contributed by atoms with E-state index in [0.717, 1.165) is 29.4 Å². The summed E-state index contributed by atoms with van der Waals surface area (Å²) in [6, 6.07) is 7.84. The van der Waals surface area contributed by atoms with Crippen LogP contribution in [0, 0.1) is 0 Å². The number of anilines is 1. The van der Waals surface area contributed by atoms with E-state index < -0.39 is 0 Å². The third-order valence-corrected chi connectivity index (χ3v) is 3.18. The van der Waals surface area contributed by atoms with Crippen LogP contribution in [0.1, 0.15) is 28.9 Å². The minimum absolute atomic E-state index is 0.167. The molecule has 1 aromatic heterocycles. The number of pyridine rings is 1. The van der Waals surface area contributed by atoms with Crippen molar-refractivity contribution in [2.75, 3.05) is 5.73 Å². The van der Waals surface area contributed by atoms with Crippen molar-refractivity contribution in [3.05, 3.63) is 35.5 Å². The molecule has 0 unspecified atom stereocenters. The second-order valence-corrected chi connectivity index (χ2v) is 4.21. The van der Waals surface area contributed by atoms with E-state index in [2.05, 4.69) is 4.98 Å². The number of aromatic nitrogens is 1. The van der Waals surface area contributed by atoms with Crippen LogP contribution in [0.25, 0.3) is 10.9 Å². The van der Waals surface area contributed by atoms with Crippen LogP contribution < -0.4 is 10.7 Å². The van der Waals surface area contributed by atoms with E-state index in [1.54, 1.807) is 0 Å². The quantitative estimate of drug-likeness (QED) is 0.724. The number of hydrogen-bond acceptors (Lipinski definition) is 2. The highest BCUT2D eigenvalue weighted by Crippen LogP contribution is 2.28. The third kappa shape index (κ3) is 1.21. The molecular formula is C13H13N2O+. The SMILES string of the molecule is Nc1c2c([nH+]c3ccccc13)CCCC2=O. The molecule has 3 N–H and O–H groups in total. The molecule has 0 saturated heterocycles. The number of para-hydroxylation sites is 1. The van der Waals surface area contributed by atoms with Gasteiger partial charge in [-0.05, 0) is 12.5 Å². The van der Waals surface area contributed by atoms with Gasteiger partial charge in [0.2, 0.25) is 5.52 Å². The second kappa shape index (κ2) is 3.30. The molecule has 0 spiro atoms. The molecule has 16 heavy (non-hydrogen) atoms. The number of carbonyl (C=O) groups is 1. The van der Waals surface area contributed by atoms with Gasteiger partial charge in [-0.1, -0.05) is 12.1 Å². The Balaban J connectivity index is 2.41. The van der Waals surface area contributed by atoms with Gasteiger partial charge in [0.05, 0.1) is 11.1 Å². The zero-order chi connectivity index (χ0) is 11.1. The zero-order valence-electron chi connectivity index (χ0n) is 8.92. The number of benzene rings is 1. The largest absolute Gasteiger partial charge is 0.397 e. The summed E-state index contributed by atoms with van der Waals surface area (Å²) in [5.74, 6) is 0.167. The molecular weight excluding hydrogens is 200 g/mol. The van der Waals surface area contributed by atoms with Crippen molar-refractivity contribution in [1.82, 2.24) is 0 Å². The summed E-state index contributed by atoms with van der Waals surface area (Å²) < 4.78 is 0. The van der Waals surface area contributed by atoms with Gasteiger partial charge in [-0.15, -0.1) is 0 Å². The highest BCUT2D eigenvalue weighted by molar-refractivity contribution is 6.07. The average Bonchev–Trinajstić information content (AvgIpc) is 2.29. The summed E-state index contributed by atoms with van der Waals surface area (Å²) in [6.45, 7) is 0. The number of ketones is 1. The molecule has 1 aliphatic carbocycles. The third-order valence-electron chi connectivity index (χ3n) is 3.18. The first-order valence-corrected chi connectivity index (χ1v) is 5.53. The number of rotatable bonds is 0. The van der Waals surface area contributed by atoms with Crippen LogP contribution in [0.15, 0.2) is 24.3 Å². The molecule has 0 saturated carbocycles. The van der Waals surface area contributed by atoms with Crippen LogP contribution in [0.4, 0.5) is 5.69 Å². The summed E-state index contributed by atoms with van der Waals surface area (Å²) in [4.78, 5) is 15.2. The Morgan fingerprint density at radius 3 is 2.88 bits per heavy atom. The monoisotopic (exact) mass is 213 g/mol. The molecule has 1 aliphatic rings. The van der Waals surface area contributed by atoms with Gasteiger partial charge in [-0.25, -0.2) is 4.98 Å². The minimum atomic E-state index is 0.167. The van der Waals surface area contributed by atoms with E-state index in [-0.39, 0.29) is 5.78 Å². The van der Waals surface area contributed by atoms with Gasteiger partial charge in [-0.2, -0.15) is 0 Å². The molecule has 1 heterocycles. The van der Waals surface area contributed by atoms with Crippen molar-refractivity contribution in [3.63, 3.8) is 0 Å². The van der Waals surface area contributed by atoms with E-state index in [1.807, 2.05) is 24.3 Å². The Labute approximate surface area is 93.3 Å². The van der Waals surface area contributed by atoms with Crippen molar-refractivity contribution in [2.24, 2.45) is 0 Å². The highest BCUT2D eigenvalue weighted by atomic mass is 16.1. The van der Waals surface area contributed by atoms with E-state index in [1.165, 1.54) is 0 Å². The maximum atomic E-state index is 11.9.